The van der Waals surface area contributed by atoms with E-state index >= 15 is 0 Å². The molecule has 0 unspecified atom stereocenters. The Morgan fingerprint density at radius 1 is 0.632 bits per heavy atom. The molecular formula is C41H35Br2Cl4IN6O3. The van der Waals surface area contributed by atoms with Crippen molar-refractivity contribution < 1.29 is 14.4 Å². The minimum absolute atomic E-state index is 0. The van der Waals surface area contributed by atoms with E-state index in [1.807, 2.05) is 66.9 Å². The number of aromatic nitrogens is 4. The number of nitrogens with zero attached hydrogens (tertiary/aromatic N) is 6. The summed E-state index contributed by atoms with van der Waals surface area (Å²) in [5.41, 5.74) is 1.65. The molecule has 2 aromatic heterocycles. The summed E-state index contributed by atoms with van der Waals surface area (Å²) >= 11 is 33.7. The molecule has 0 aliphatic carbocycles. The Morgan fingerprint density at radius 3 is 1.40 bits per heavy atom. The van der Waals surface area contributed by atoms with Crippen molar-refractivity contribution in [3.63, 3.8) is 0 Å². The van der Waals surface area contributed by atoms with E-state index in [0.717, 1.165) is 23.8 Å². The normalized spacial score (nSPS) is 18.0. The van der Waals surface area contributed by atoms with Crippen molar-refractivity contribution in [2.24, 2.45) is 0 Å². The molecule has 0 spiro atoms. The number of amides is 2. The summed E-state index contributed by atoms with van der Waals surface area (Å²) in [6.07, 6.45) is 4.88. The van der Waals surface area contributed by atoms with Crippen LogP contribution in [-0.4, -0.2) is 37.2 Å². The Labute approximate surface area is 381 Å². The van der Waals surface area contributed by atoms with Crippen molar-refractivity contribution in [1.82, 2.24) is 19.1 Å². The van der Waals surface area contributed by atoms with Gasteiger partial charge >= 0.3 is 0 Å². The summed E-state index contributed by atoms with van der Waals surface area (Å²) in [5, 5.41) is 1.76. The molecule has 2 aliphatic rings. The fourth-order valence-corrected chi connectivity index (χ4v) is 9.45. The van der Waals surface area contributed by atoms with Crippen LogP contribution in [0, 0.1) is 3.70 Å². The van der Waals surface area contributed by atoms with Crippen LogP contribution in [-0.2, 0) is 33.5 Å². The maximum absolute atomic E-state index is 13.6. The third-order valence-corrected chi connectivity index (χ3v) is 12.1. The number of halogens is 7. The standard InChI is InChI=1S/C20H14BrCl2N3O2.C19H13BrCl2IN3O.2CH4/c1-20(9-12-2-4-13(21)5-3-12)18(28)25(16-7-14(22)6-15(23)8-16)19-24-10-17(11-27)26(19)20;1-19(9-11-2-4-12(20)5-3-11)17(27)25(18-24-10-16(23)26(18)19)15-7-13(21)6-14(22)8-15;;/h2-8,10-11H,9H2,1H3;2-8,10H,9H2,1H3;2*1H4/t20-;19-;;/m11../s1. The van der Waals surface area contributed by atoms with E-state index in [-0.39, 0.29) is 26.7 Å². The molecule has 0 saturated carbocycles. The van der Waals surface area contributed by atoms with Gasteiger partial charge in [-0.3, -0.25) is 23.5 Å². The molecule has 0 radical (unpaired) electrons. The Balaban J connectivity index is 0.000000210. The smallest absolute Gasteiger partial charge is 0.260 e. The van der Waals surface area contributed by atoms with Crippen LogP contribution < -0.4 is 9.80 Å². The van der Waals surface area contributed by atoms with E-state index in [9.17, 15) is 14.4 Å². The summed E-state index contributed by atoms with van der Waals surface area (Å²) in [4.78, 5) is 50.6. The third-order valence-electron chi connectivity index (χ3n) is 9.44. The molecule has 4 aromatic carbocycles. The molecule has 57 heavy (non-hydrogen) atoms. The first-order chi connectivity index (χ1) is 26.1. The molecule has 296 valence electrons. The van der Waals surface area contributed by atoms with Gasteiger partial charge in [0.05, 0.1) is 23.8 Å². The quantitative estimate of drug-likeness (QED) is 0.117. The molecule has 0 N–H and O–H groups in total. The van der Waals surface area contributed by atoms with Crippen LogP contribution in [0.5, 0.6) is 0 Å². The predicted octanol–water partition coefficient (Wildman–Crippen LogP) is 12.9. The highest BCUT2D eigenvalue weighted by molar-refractivity contribution is 14.1. The molecular weight excluding hydrogens is 1050 g/mol. The fraction of sp³-hybridized carbons (Fsp3) is 0.195. The lowest BCUT2D eigenvalue weighted by molar-refractivity contribution is -0.124. The van der Waals surface area contributed by atoms with Gasteiger partial charge < -0.3 is 0 Å². The van der Waals surface area contributed by atoms with Gasteiger partial charge in [0.15, 0.2) is 6.29 Å². The third kappa shape index (κ3) is 8.46. The molecule has 6 aromatic rings. The van der Waals surface area contributed by atoms with Gasteiger partial charge in [-0.15, -0.1) is 0 Å². The lowest BCUT2D eigenvalue weighted by Gasteiger charge is -2.26. The molecule has 8 rings (SSSR count). The highest BCUT2D eigenvalue weighted by Crippen LogP contribution is 2.45. The lowest BCUT2D eigenvalue weighted by Crippen LogP contribution is -2.41. The van der Waals surface area contributed by atoms with E-state index in [1.165, 1.54) is 11.1 Å². The molecule has 0 fully saturated rings. The van der Waals surface area contributed by atoms with Crippen LogP contribution in [0.25, 0.3) is 0 Å². The second-order valence-electron chi connectivity index (χ2n) is 13.3. The Morgan fingerprint density at radius 2 is 1.00 bits per heavy atom. The van der Waals surface area contributed by atoms with Crippen molar-refractivity contribution in [3.8, 4) is 0 Å². The number of hydrogen-bond donors (Lipinski definition) is 0. The van der Waals surface area contributed by atoms with E-state index in [1.54, 1.807) is 52.1 Å². The SMILES string of the molecule is C.C.C[C@@]1(Cc2ccc(Br)cc2)C(=O)N(c2cc(Cl)cc(Cl)c2)c2ncc(C=O)n21.C[C@@]1(Cc2ccc(Br)cc2)C(=O)N(c2cc(Cl)cc(Cl)c2)c2ncc(I)n21. The zero-order chi connectivity index (χ0) is 39.4. The maximum atomic E-state index is 13.6. The maximum Gasteiger partial charge on any atom is 0.260 e. The van der Waals surface area contributed by atoms with Crippen LogP contribution in [0.3, 0.4) is 0 Å². The van der Waals surface area contributed by atoms with Gasteiger partial charge in [0, 0.05) is 41.9 Å². The number of hydrogen-bond acceptors (Lipinski definition) is 5. The number of anilines is 4. The van der Waals surface area contributed by atoms with Crippen molar-refractivity contribution >= 4 is 142 Å². The number of aldehydes is 1. The number of benzene rings is 4. The van der Waals surface area contributed by atoms with E-state index in [2.05, 4.69) is 64.4 Å². The molecule has 0 bridgehead atoms. The largest absolute Gasteiger partial charge is 0.296 e. The Kier molecular flexibility index (Phi) is 13.8. The first kappa shape index (κ1) is 44.9. The van der Waals surface area contributed by atoms with Gasteiger partial charge in [-0.2, -0.15) is 0 Å². The zero-order valence-electron chi connectivity index (χ0n) is 28.8. The van der Waals surface area contributed by atoms with Crippen molar-refractivity contribution in [2.45, 2.75) is 52.6 Å². The fourth-order valence-electron chi connectivity index (χ4n) is 7.00. The van der Waals surface area contributed by atoms with Gasteiger partial charge in [-0.25, -0.2) is 19.8 Å². The highest BCUT2D eigenvalue weighted by atomic mass is 127. The van der Waals surface area contributed by atoms with Crippen LogP contribution in [0.2, 0.25) is 20.1 Å². The zero-order valence-corrected chi connectivity index (χ0v) is 37.1. The summed E-state index contributed by atoms with van der Waals surface area (Å²) in [6, 6.07) is 25.7. The van der Waals surface area contributed by atoms with Gasteiger partial charge in [0.1, 0.15) is 20.5 Å². The Bertz CT molecular complexity index is 2460. The van der Waals surface area contributed by atoms with Gasteiger partial charge in [0.2, 0.25) is 11.9 Å². The Hall–Kier alpha value is -3.24. The van der Waals surface area contributed by atoms with E-state index in [0.29, 0.717) is 68.2 Å². The minimum atomic E-state index is -1.02. The molecule has 4 heterocycles. The number of rotatable bonds is 7. The minimum Gasteiger partial charge on any atom is -0.296 e. The lowest BCUT2D eigenvalue weighted by atomic mass is 9.91. The number of imidazole rings is 2. The second kappa shape index (κ2) is 17.5. The first-order valence-electron chi connectivity index (χ1n) is 16.5. The average Bonchev–Trinajstić information content (AvgIpc) is 3.83. The van der Waals surface area contributed by atoms with E-state index in [4.69, 9.17) is 46.4 Å². The molecule has 9 nitrogen and oxygen atoms in total. The van der Waals surface area contributed by atoms with Crippen LogP contribution in [0.1, 0.15) is 50.3 Å². The monoisotopic (exact) mass is 1080 g/mol. The van der Waals surface area contributed by atoms with Crippen molar-refractivity contribution in [3.05, 3.63) is 147 Å². The predicted molar refractivity (Wildman–Crippen MR) is 246 cm³/mol. The molecule has 16 heteroatoms. The van der Waals surface area contributed by atoms with Crippen molar-refractivity contribution in [2.75, 3.05) is 9.80 Å². The van der Waals surface area contributed by atoms with Crippen LogP contribution in [0.4, 0.5) is 23.3 Å². The molecule has 2 amide bonds. The number of carbonyl (C=O) groups excluding carboxylic acids is 3. The highest BCUT2D eigenvalue weighted by Gasteiger charge is 2.51. The van der Waals surface area contributed by atoms with Crippen molar-refractivity contribution in [1.29, 1.82) is 0 Å². The average molecular weight is 1090 g/mol. The van der Waals surface area contributed by atoms with Crippen LogP contribution >= 0.6 is 101 Å². The second-order valence-corrected chi connectivity index (χ2v) is 18.0. The molecule has 2 atom stereocenters. The number of fused-ring (bicyclic) bond motifs is 2. The molecule has 0 saturated heterocycles. The summed E-state index contributed by atoms with van der Waals surface area (Å²) in [7, 11) is 0. The van der Waals surface area contributed by atoms with E-state index < -0.39 is 11.1 Å². The first-order valence-corrected chi connectivity index (χ1v) is 20.7. The van der Waals surface area contributed by atoms with Gasteiger partial charge in [-0.05, 0) is 108 Å². The van der Waals surface area contributed by atoms with Gasteiger partial charge in [-0.1, -0.05) is 117 Å². The summed E-state index contributed by atoms with van der Waals surface area (Å²) in [5.74, 6) is 0.664. The van der Waals surface area contributed by atoms with Crippen LogP contribution in [0.15, 0.2) is 106 Å². The summed E-state index contributed by atoms with van der Waals surface area (Å²) in [6.45, 7) is 3.75. The topological polar surface area (TPSA) is 93.3 Å². The number of carbonyl (C=O) groups is 3. The van der Waals surface area contributed by atoms with Gasteiger partial charge in [0.25, 0.3) is 11.8 Å². The molecule has 2 aliphatic heterocycles. The summed E-state index contributed by atoms with van der Waals surface area (Å²) < 4.78 is 6.51.